The maximum absolute atomic E-state index is 11.1. The summed E-state index contributed by atoms with van der Waals surface area (Å²) in [6.45, 7) is 2.30. The fraction of sp³-hybridized carbons (Fsp3) is 0.500. The van der Waals surface area contributed by atoms with Gasteiger partial charge < -0.3 is 14.5 Å². The molecular formula is C18H22N3O2S-. The van der Waals surface area contributed by atoms with Crippen molar-refractivity contribution in [1.29, 1.82) is 0 Å². The number of nitrogens with zero attached hydrogens (tertiary/aromatic N) is 3. The molecule has 1 saturated carbocycles. The van der Waals surface area contributed by atoms with Gasteiger partial charge in [0.1, 0.15) is 5.82 Å². The van der Waals surface area contributed by atoms with E-state index < -0.39 is 11.2 Å². The predicted octanol–water partition coefficient (Wildman–Crippen LogP) is 2.60. The van der Waals surface area contributed by atoms with Crippen LogP contribution < -0.4 is 5.11 Å². The fourth-order valence-corrected chi connectivity index (χ4v) is 3.96. The van der Waals surface area contributed by atoms with Gasteiger partial charge in [0.25, 0.3) is 0 Å². The SMILES string of the molecule is C[C@H](Sc1nnc(C2CCCCC2)n1Cc1ccccc1)C(=O)[O-]. The van der Waals surface area contributed by atoms with Gasteiger partial charge in [-0.05, 0) is 25.3 Å². The van der Waals surface area contributed by atoms with Crippen molar-refractivity contribution in [3.63, 3.8) is 0 Å². The van der Waals surface area contributed by atoms with E-state index in [0.29, 0.717) is 17.6 Å². The Bertz CT molecular complexity index is 681. The Morgan fingerprint density at radius 3 is 2.62 bits per heavy atom. The minimum Gasteiger partial charge on any atom is -0.549 e. The van der Waals surface area contributed by atoms with E-state index in [0.717, 1.165) is 24.2 Å². The smallest absolute Gasteiger partial charge is 0.192 e. The number of carboxylic acids is 1. The van der Waals surface area contributed by atoms with E-state index in [1.807, 2.05) is 18.2 Å². The number of carbonyl (C=O) groups is 1. The first-order chi connectivity index (χ1) is 11.6. The molecule has 0 amide bonds. The minimum atomic E-state index is -1.08. The number of carboxylic acid groups (broad SMARTS) is 1. The predicted molar refractivity (Wildman–Crippen MR) is 91.7 cm³/mol. The number of hydrogen-bond acceptors (Lipinski definition) is 5. The average molecular weight is 344 g/mol. The van der Waals surface area contributed by atoms with Gasteiger partial charge in [0.05, 0.1) is 12.5 Å². The van der Waals surface area contributed by atoms with Gasteiger partial charge >= 0.3 is 0 Å². The van der Waals surface area contributed by atoms with Crippen molar-refractivity contribution in [2.24, 2.45) is 0 Å². The van der Waals surface area contributed by atoms with Crippen LogP contribution in [0.25, 0.3) is 0 Å². The maximum atomic E-state index is 11.1. The van der Waals surface area contributed by atoms with Gasteiger partial charge in [-0.1, -0.05) is 61.4 Å². The summed E-state index contributed by atoms with van der Waals surface area (Å²) in [5.41, 5.74) is 1.16. The van der Waals surface area contributed by atoms with Crippen LogP contribution in [0.5, 0.6) is 0 Å². The largest absolute Gasteiger partial charge is 0.549 e. The molecule has 0 N–H and O–H groups in total. The number of carbonyl (C=O) groups excluding carboxylic acids is 1. The summed E-state index contributed by atoms with van der Waals surface area (Å²) in [7, 11) is 0. The molecule has 0 aliphatic heterocycles. The summed E-state index contributed by atoms with van der Waals surface area (Å²) in [5, 5.41) is 19.8. The average Bonchev–Trinajstić information content (AvgIpc) is 2.99. The van der Waals surface area contributed by atoms with Crippen LogP contribution in [0.3, 0.4) is 0 Å². The standard InChI is InChI=1S/C18H23N3O2S/c1-13(17(22)23)24-18-20-19-16(15-10-6-3-7-11-15)21(18)12-14-8-4-2-5-9-14/h2,4-5,8-9,13,15H,3,6-7,10-12H2,1H3,(H,22,23)/p-1/t13-/m0/s1. The molecule has 2 aromatic rings. The van der Waals surface area contributed by atoms with Crippen molar-refractivity contribution < 1.29 is 9.90 Å². The Morgan fingerprint density at radius 2 is 1.96 bits per heavy atom. The van der Waals surface area contributed by atoms with E-state index in [4.69, 9.17) is 0 Å². The molecule has 0 saturated heterocycles. The van der Waals surface area contributed by atoms with Crippen LogP contribution >= 0.6 is 11.8 Å². The third kappa shape index (κ3) is 3.98. The first kappa shape index (κ1) is 17.0. The van der Waals surface area contributed by atoms with Crippen LogP contribution in [0.15, 0.2) is 35.5 Å². The molecule has 24 heavy (non-hydrogen) atoms. The zero-order valence-electron chi connectivity index (χ0n) is 13.9. The Kier molecular flexibility index (Phi) is 5.56. The number of aliphatic carboxylic acids is 1. The Morgan fingerprint density at radius 1 is 1.25 bits per heavy atom. The highest BCUT2D eigenvalue weighted by atomic mass is 32.2. The van der Waals surface area contributed by atoms with E-state index in [1.54, 1.807) is 6.92 Å². The number of hydrogen-bond donors (Lipinski definition) is 0. The van der Waals surface area contributed by atoms with Crippen LogP contribution in [0.2, 0.25) is 0 Å². The van der Waals surface area contributed by atoms with Crippen molar-refractivity contribution in [3.05, 3.63) is 41.7 Å². The molecular weight excluding hydrogens is 322 g/mol. The van der Waals surface area contributed by atoms with E-state index in [2.05, 4.69) is 26.9 Å². The van der Waals surface area contributed by atoms with Gasteiger partial charge in [0.15, 0.2) is 5.16 Å². The summed E-state index contributed by atoms with van der Waals surface area (Å²) >= 11 is 1.21. The summed E-state index contributed by atoms with van der Waals surface area (Å²) in [5.74, 6) is 0.336. The molecule has 1 aromatic carbocycles. The summed E-state index contributed by atoms with van der Waals surface area (Å²) in [4.78, 5) is 11.1. The normalized spacial score (nSPS) is 16.9. The molecule has 1 aliphatic carbocycles. The van der Waals surface area contributed by atoms with Gasteiger partial charge in [-0.2, -0.15) is 0 Å². The number of benzene rings is 1. The van der Waals surface area contributed by atoms with Crippen LogP contribution in [0, 0.1) is 0 Å². The molecule has 0 radical (unpaired) electrons. The minimum absolute atomic E-state index is 0.419. The molecule has 1 fully saturated rings. The Hall–Kier alpha value is -1.82. The monoisotopic (exact) mass is 344 g/mol. The van der Waals surface area contributed by atoms with Crippen molar-refractivity contribution in [2.45, 2.75) is 61.9 Å². The van der Waals surface area contributed by atoms with E-state index in [9.17, 15) is 9.90 Å². The van der Waals surface area contributed by atoms with Gasteiger partial charge in [0, 0.05) is 11.2 Å². The highest BCUT2D eigenvalue weighted by Gasteiger charge is 2.24. The summed E-state index contributed by atoms with van der Waals surface area (Å²) in [6.07, 6.45) is 6.00. The highest BCUT2D eigenvalue weighted by molar-refractivity contribution is 8.00. The molecule has 5 nitrogen and oxygen atoms in total. The van der Waals surface area contributed by atoms with Gasteiger partial charge in [0.2, 0.25) is 0 Å². The molecule has 128 valence electrons. The van der Waals surface area contributed by atoms with Crippen LogP contribution in [-0.4, -0.2) is 26.0 Å². The van der Waals surface area contributed by atoms with Crippen LogP contribution in [0.1, 0.15) is 56.3 Å². The lowest BCUT2D eigenvalue weighted by Crippen LogP contribution is -2.31. The summed E-state index contributed by atoms with van der Waals surface area (Å²) in [6, 6.07) is 10.2. The molecule has 1 aromatic heterocycles. The lowest BCUT2D eigenvalue weighted by atomic mass is 9.88. The van der Waals surface area contributed by atoms with E-state index in [-0.39, 0.29) is 0 Å². The van der Waals surface area contributed by atoms with Crippen molar-refractivity contribution >= 4 is 17.7 Å². The van der Waals surface area contributed by atoms with Gasteiger partial charge in [-0.3, -0.25) is 0 Å². The molecule has 1 atom stereocenters. The summed E-state index contributed by atoms with van der Waals surface area (Å²) < 4.78 is 2.09. The number of thioether (sulfide) groups is 1. The molecule has 6 heteroatoms. The number of aromatic nitrogens is 3. The second kappa shape index (κ2) is 7.83. The quantitative estimate of drug-likeness (QED) is 0.753. The molecule has 1 aliphatic rings. The second-order valence-corrected chi connectivity index (χ2v) is 7.63. The van der Waals surface area contributed by atoms with Crippen molar-refractivity contribution in [1.82, 2.24) is 14.8 Å². The zero-order chi connectivity index (χ0) is 16.9. The van der Waals surface area contributed by atoms with E-state index >= 15 is 0 Å². The molecule has 3 rings (SSSR count). The molecule has 0 spiro atoms. The van der Waals surface area contributed by atoms with Crippen LogP contribution in [-0.2, 0) is 11.3 Å². The molecule has 0 unspecified atom stereocenters. The third-order valence-corrected chi connectivity index (χ3v) is 5.57. The fourth-order valence-electron chi connectivity index (χ4n) is 3.17. The molecule has 0 bridgehead atoms. The first-order valence-corrected chi connectivity index (χ1v) is 9.37. The number of rotatable bonds is 6. The van der Waals surface area contributed by atoms with E-state index in [1.165, 1.54) is 31.0 Å². The van der Waals surface area contributed by atoms with Crippen molar-refractivity contribution in [2.75, 3.05) is 0 Å². The lowest BCUT2D eigenvalue weighted by Gasteiger charge is -2.22. The Labute approximate surface area is 146 Å². The van der Waals surface area contributed by atoms with Crippen molar-refractivity contribution in [3.8, 4) is 0 Å². The third-order valence-electron chi connectivity index (χ3n) is 4.51. The highest BCUT2D eigenvalue weighted by Crippen LogP contribution is 2.34. The second-order valence-electron chi connectivity index (χ2n) is 6.33. The maximum Gasteiger partial charge on any atom is 0.192 e. The van der Waals surface area contributed by atoms with Gasteiger partial charge in [-0.25, -0.2) is 0 Å². The van der Waals surface area contributed by atoms with Crippen LogP contribution in [0.4, 0.5) is 0 Å². The van der Waals surface area contributed by atoms with Gasteiger partial charge in [-0.15, -0.1) is 10.2 Å². The zero-order valence-corrected chi connectivity index (χ0v) is 14.7. The lowest BCUT2D eigenvalue weighted by molar-refractivity contribution is -0.304. The topological polar surface area (TPSA) is 70.8 Å². The Balaban J connectivity index is 1.90. The molecule has 1 heterocycles. The first-order valence-electron chi connectivity index (χ1n) is 8.49.